The van der Waals surface area contributed by atoms with Gasteiger partial charge in [-0.1, -0.05) is 110 Å². The summed E-state index contributed by atoms with van der Waals surface area (Å²) in [6.07, 6.45) is 7.28. The molecule has 7 N–H and O–H groups in total. The number of nitrogens with zero attached hydrogens (tertiary/aromatic N) is 1. The highest BCUT2D eigenvalue weighted by molar-refractivity contribution is 7.90. The smallest absolute Gasteiger partial charge is 0.246 e. The van der Waals surface area contributed by atoms with Crippen LogP contribution in [0.15, 0.2) is 109 Å². The molecule has 3 aromatic carbocycles. The van der Waals surface area contributed by atoms with Crippen LogP contribution < -0.4 is 21.5 Å². The summed E-state index contributed by atoms with van der Waals surface area (Å²) in [6.45, 7) is 5.31. The average molecular weight is 720 g/mol. The highest BCUT2D eigenvalue weighted by atomic mass is 32.2. The van der Waals surface area contributed by atoms with Crippen molar-refractivity contribution in [3.63, 3.8) is 0 Å². The fourth-order valence-corrected chi connectivity index (χ4v) is 9.34. The van der Waals surface area contributed by atoms with Gasteiger partial charge in [0.15, 0.2) is 0 Å². The number of nitrogens with two attached hydrogens (primary N) is 2. The number of carbonyl (C=O) groups is 3. The van der Waals surface area contributed by atoms with E-state index in [0.717, 1.165) is 5.56 Å². The van der Waals surface area contributed by atoms with Gasteiger partial charge in [0.25, 0.3) is 0 Å². The number of allylic oxidation sites excluding steroid dienone is 2. The fourth-order valence-electron chi connectivity index (χ4n) is 5.81. The lowest BCUT2D eigenvalue weighted by molar-refractivity contribution is -0.139. The molecule has 264 valence electrons. The van der Waals surface area contributed by atoms with Crippen molar-refractivity contribution in [2.45, 2.75) is 55.0 Å². The van der Waals surface area contributed by atoms with Crippen molar-refractivity contribution in [1.82, 2.24) is 14.9 Å². The van der Waals surface area contributed by atoms with Gasteiger partial charge in [-0.05, 0) is 48.9 Å². The number of sulfonamides is 1. The highest BCUT2D eigenvalue weighted by Crippen LogP contribution is 2.47. The predicted molar refractivity (Wildman–Crippen MR) is 195 cm³/mol. The zero-order chi connectivity index (χ0) is 36.5. The van der Waals surface area contributed by atoms with Crippen LogP contribution in [0.2, 0.25) is 0 Å². The monoisotopic (exact) mass is 719 g/mol. The Balaban J connectivity index is 1.51. The molecule has 0 spiro atoms. The predicted octanol–water partition coefficient (Wildman–Crippen LogP) is 3.65. The number of nitrogens with one attached hydrogen (secondary N) is 2. The number of benzene rings is 3. The minimum absolute atomic E-state index is 0.0784. The third-order valence-electron chi connectivity index (χ3n) is 8.29. The van der Waals surface area contributed by atoms with Gasteiger partial charge in [0.2, 0.25) is 35.1 Å². The number of likely N-dealkylation sites (tertiary alicyclic amines) is 1. The lowest BCUT2D eigenvalue weighted by Gasteiger charge is -2.28. The molecule has 3 unspecified atom stereocenters. The van der Waals surface area contributed by atoms with E-state index in [9.17, 15) is 32.3 Å². The molecule has 1 saturated heterocycles. The summed E-state index contributed by atoms with van der Waals surface area (Å²) in [7, 11) is -9.12. The van der Waals surface area contributed by atoms with Gasteiger partial charge in [-0.15, -0.1) is 0 Å². The van der Waals surface area contributed by atoms with Crippen LogP contribution in [0, 0.1) is 0 Å². The van der Waals surface area contributed by atoms with Gasteiger partial charge in [-0.3, -0.25) is 18.9 Å². The van der Waals surface area contributed by atoms with Gasteiger partial charge in [0, 0.05) is 6.04 Å². The number of para-hydroxylation sites is 1. The topological polar surface area (TPSA) is 202 Å². The van der Waals surface area contributed by atoms with E-state index in [4.69, 9.17) is 11.5 Å². The molecule has 1 aliphatic rings. The summed E-state index contributed by atoms with van der Waals surface area (Å²) in [5.74, 6) is -3.83. The molecule has 50 heavy (non-hydrogen) atoms. The molecule has 0 aliphatic carbocycles. The first kappa shape index (κ1) is 38.0. The molecule has 0 bridgehead atoms. The first-order valence-corrected chi connectivity index (χ1v) is 19.3. The van der Waals surface area contributed by atoms with Crippen molar-refractivity contribution in [3.8, 4) is 0 Å². The van der Waals surface area contributed by atoms with E-state index in [1.54, 1.807) is 61.5 Å². The van der Waals surface area contributed by atoms with Crippen LogP contribution in [0.4, 0.5) is 5.69 Å². The van der Waals surface area contributed by atoms with E-state index >= 15 is 0 Å². The van der Waals surface area contributed by atoms with Crippen molar-refractivity contribution < 1.29 is 32.3 Å². The van der Waals surface area contributed by atoms with Crippen LogP contribution >= 0.6 is 7.37 Å². The van der Waals surface area contributed by atoms with Crippen molar-refractivity contribution in [3.05, 3.63) is 120 Å². The number of hydrogen-bond acceptors (Lipinski definition) is 7. The molecule has 14 heteroatoms. The molecule has 5 atom stereocenters. The molecule has 1 aliphatic heterocycles. The molecular weight excluding hydrogens is 677 g/mol. The minimum atomic E-state index is -4.65. The molecule has 1 fully saturated rings. The van der Waals surface area contributed by atoms with Crippen molar-refractivity contribution >= 4 is 53.0 Å². The van der Waals surface area contributed by atoms with Gasteiger partial charge in [0.05, 0.1) is 5.69 Å². The number of hydrogen-bond donors (Lipinski definition) is 5. The van der Waals surface area contributed by atoms with Crippen molar-refractivity contribution in [1.29, 1.82) is 0 Å². The molecule has 0 radical (unpaired) electrons. The largest absolute Gasteiger partial charge is 0.397 e. The summed E-state index contributed by atoms with van der Waals surface area (Å²) >= 11 is 0. The Morgan fingerprint density at radius 3 is 2.36 bits per heavy atom. The maximum absolute atomic E-state index is 13.9. The van der Waals surface area contributed by atoms with E-state index in [0.29, 0.717) is 11.1 Å². The van der Waals surface area contributed by atoms with Crippen molar-refractivity contribution in [2.24, 2.45) is 5.73 Å². The fraction of sp³-hybridized carbons (Fsp3) is 0.250. The van der Waals surface area contributed by atoms with E-state index in [2.05, 4.69) is 16.6 Å². The summed E-state index contributed by atoms with van der Waals surface area (Å²) in [6, 6.07) is 19.6. The van der Waals surface area contributed by atoms with Crippen LogP contribution in [0.3, 0.4) is 0 Å². The second-order valence-electron chi connectivity index (χ2n) is 12.0. The van der Waals surface area contributed by atoms with E-state index < -0.39 is 65.2 Å². The van der Waals surface area contributed by atoms with Crippen LogP contribution in [-0.2, 0) is 35.4 Å². The van der Waals surface area contributed by atoms with Gasteiger partial charge < -0.3 is 26.6 Å². The molecule has 0 aromatic heterocycles. The Morgan fingerprint density at radius 2 is 1.72 bits per heavy atom. The molecule has 3 aromatic rings. The van der Waals surface area contributed by atoms with Gasteiger partial charge >= 0.3 is 0 Å². The van der Waals surface area contributed by atoms with Crippen LogP contribution in [0.1, 0.15) is 36.5 Å². The Kier molecular flexibility index (Phi) is 12.7. The molecule has 3 amide bonds. The maximum Gasteiger partial charge on any atom is 0.246 e. The average Bonchev–Trinajstić information content (AvgIpc) is 3.33. The number of anilines is 1. The summed E-state index contributed by atoms with van der Waals surface area (Å²) in [5, 5.41) is 2.52. The number of nitrogen functional groups attached to an aromatic ring is 1. The Morgan fingerprint density at radius 1 is 1.06 bits per heavy atom. The van der Waals surface area contributed by atoms with E-state index in [-0.39, 0.29) is 29.8 Å². The second-order valence-corrected chi connectivity index (χ2v) is 16.1. The van der Waals surface area contributed by atoms with Gasteiger partial charge in [-0.25, -0.2) is 8.42 Å². The first-order valence-electron chi connectivity index (χ1n) is 15.9. The van der Waals surface area contributed by atoms with Gasteiger partial charge in [-0.2, -0.15) is 4.72 Å². The zero-order valence-electron chi connectivity index (χ0n) is 27.6. The number of carbonyl (C=O) groups excluding carboxylic acids is 3. The minimum Gasteiger partial charge on any atom is -0.397 e. The molecule has 4 rings (SSSR count). The molecule has 0 saturated carbocycles. The van der Waals surface area contributed by atoms with Crippen LogP contribution in [0.5, 0.6) is 0 Å². The van der Waals surface area contributed by atoms with Crippen molar-refractivity contribution in [2.75, 3.05) is 11.9 Å². The molecule has 1 heterocycles. The second kappa shape index (κ2) is 16.7. The Bertz CT molecular complexity index is 1920. The number of amides is 3. The lowest BCUT2D eigenvalue weighted by atomic mass is 10.1. The third-order valence-corrected chi connectivity index (χ3v) is 12.0. The standard InChI is InChI=1S/C36H42N5O7PS/c1-3-4-18-28-19-12-21-31(34(28)37)50(47,48)40-33(23-27-15-9-6-10-16-27)49(45,46)24-32(42)39-29-22-25(2)41(36(29)44)30(35(38)43)20-11-17-26-13-7-5-8-14-26/h3-19,21,25,29-30,33,40H,1,20,22-24,37H2,2H3,(H2,38,43)(H,39,42)(H,45,46)/b17-11+,18-4-/t25?,29-,30-,33?/m0/s1. The van der Waals surface area contributed by atoms with Gasteiger partial charge in [0.1, 0.15) is 28.9 Å². The Hall–Kier alpha value is -4.81. The first-order chi connectivity index (χ1) is 23.7. The zero-order valence-corrected chi connectivity index (χ0v) is 29.3. The Labute approximate surface area is 292 Å². The highest BCUT2D eigenvalue weighted by Gasteiger charge is 2.44. The van der Waals surface area contributed by atoms with E-state index in [1.807, 2.05) is 36.4 Å². The van der Waals surface area contributed by atoms with Crippen LogP contribution in [0.25, 0.3) is 12.2 Å². The number of rotatable bonds is 16. The third kappa shape index (κ3) is 9.66. The van der Waals surface area contributed by atoms with E-state index in [1.165, 1.54) is 23.1 Å². The maximum atomic E-state index is 13.9. The summed E-state index contributed by atoms with van der Waals surface area (Å²) in [5.41, 5.74) is 13.6. The molecular formula is C36H42N5O7PS. The quantitative estimate of drug-likeness (QED) is 0.0839. The van der Waals surface area contributed by atoms with Crippen LogP contribution in [-0.4, -0.2) is 66.0 Å². The lowest BCUT2D eigenvalue weighted by Crippen LogP contribution is -2.51. The summed E-state index contributed by atoms with van der Waals surface area (Å²) < 4.78 is 43.5. The SMILES string of the molecule is C=C/C=C\c1cccc(S(=O)(=O)NC(Cc2ccccc2)P(=O)(O)CC(=O)N[C@H]2CC(C)N([C@@H](C/C=C/c3ccccc3)C(N)=O)C2=O)c1N. The summed E-state index contributed by atoms with van der Waals surface area (Å²) in [4.78, 5) is 51.5. The molecule has 12 nitrogen and oxygen atoms in total. The normalized spacial score (nSPS) is 18.9. The number of primary amides is 1.